The zero-order valence-electron chi connectivity index (χ0n) is 20.1. The van der Waals surface area contributed by atoms with Gasteiger partial charge in [0.25, 0.3) is 11.8 Å². The number of carbonyl (C=O) groups is 2. The molecule has 7 rings (SSSR count). The minimum Gasteiger partial charge on any atom is -0.450 e. The van der Waals surface area contributed by atoms with Crippen molar-refractivity contribution in [3.05, 3.63) is 99.4 Å². The van der Waals surface area contributed by atoms with Crippen LogP contribution in [0.4, 0.5) is 10.8 Å². The number of fused-ring (bicyclic) bond motifs is 6. The van der Waals surface area contributed by atoms with Crippen molar-refractivity contribution in [2.75, 3.05) is 16.3 Å². The second-order valence-electron chi connectivity index (χ2n) is 9.42. The fourth-order valence-electron chi connectivity index (χ4n) is 5.67. The van der Waals surface area contributed by atoms with E-state index in [1.165, 1.54) is 16.2 Å². The molecule has 2 aliphatic rings. The number of rotatable bonds is 3. The topological polar surface area (TPSA) is 83.7 Å². The predicted octanol–water partition coefficient (Wildman–Crippen LogP) is 5.37. The number of para-hydroxylation sites is 2. The van der Waals surface area contributed by atoms with Gasteiger partial charge in [-0.15, -0.1) is 0 Å². The van der Waals surface area contributed by atoms with Crippen LogP contribution in [0.25, 0.3) is 21.2 Å². The lowest BCUT2D eigenvalue weighted by Gasteiger charge is -2.32. The van der Waals surface area contributed by atoms with Gasteiger partial charge < -0.3 is 9.32 Å². The molecule has 1 unspecified atom stereocenters. The molecule has 0 N–H and O–H groups in total. The van der Waals surface area contributed by atoms with E-state index in [0.29, 0.717) is 40.3 Å². The van der Waals surface area contributed by atoms with E-state index in [9.17, 15) is 14.4 Å². The first-order valence-electron chi connectivity index (χ1n) is 12.2. The van der Waals surface area contributed by atoms with Gasteiger partial charge >= 0.3 is 0 Å². The van der Waals surface area contributed by atoms with Gasteiger partial charge in [-0.3, -0.25) is 19.3 Å². The molecule has 8 heteroatoms. The van der Waals surface area contributed by atoms with Gasteiger partial charge in [0.2, 0.25) is 5.76 Å². The molecule has 5 aromatic rings. The first-order valence-corrected chi connectivity index (χ1v) is 13.0. The molecule has 7 nitrogen and oxygen atoms in total. The quantitative estimate of drug-likeness (QED) is 0.328. The fourth-order valence-corrected chi connectivity index (χ4v) is 6.79. The molecule has 1 atom stereocenters. The van der Waals surface area contributed by atoms with Crippen molar-refractivity contribution in [3.63, 3.8) is 0 Å². The lowest BCUT2D eigenvalue weighted by Crippen LogP contribution is -2.53. The summed E-state index contributed by atoms with van der Waals surface area (Å²) in [7, 11) is 0. The molecule has 0 saturated heterocycles. The van der Waals surface area contributed by atoms with Gasteiger partial charge in [0, 0.05) is 12.1 Å². The number of aryl methyl sites for hydroxylation is 1. The zero-order chi connectivity index (χ0) is 25.5. The molecule has 2 aliphatic heterocycles. The Morgan fingerprint density at radius 1 is 1.00 bits per heavy atom. The summed E-state index contributed by atoms with van der Waals surface area (Å²) < 4.78 is 6.99. The maximum absolute atomic E-state index is 14.6. The van der Waals surface area contributed by atoms with Crippen LogP contribution in [0, 0.1) is 6.92 Å². The van der Waals surface area contributed by atoms with Crippen LogP contribution in [0.2, 0.25) is 0 Å². The van der Waals surface area contributed by atoms with Gasteiger partial charge in [-0.05, 0) is 49.2 Å². The summed E-state index contributed by atoms with van der Waals surface area (Å²) in [5.41, 5.74) is 1.33. The van der Waals surface area contributed by atoms with Crippen molar-refractivity contribution < 1.29 is 14.0 Å². The molecule has 0 bridgehead atoms. The van der Waals surface area contributed by atoms with Crippen molar-refractivity contribution in [2.45, 2.75) is 25.8 Å². The standard InChI is InChI=1S/C29H21N3O4S/c1-3-14-31-20-10-6-5-9-18(20)29(27(31)35)23-24(33)17-8-4-7-11-21(17)36-25(23)26(34)32(29)28-30-19-13-12-16(2)15-22(19)37-28/h4-13,15H,3,14H2,1-2H3. The first kappa shape index (κ1) is 21.9. The summed E-state index contributed by atoms with van der Waals surface area (Å²) >= 11 is 1.32. The molecular formula is C29H21N3O4S. The highest BCUT2D eigenvalue weighted by Crippen LogP contribution is 2.54. The summed E-state index contributed by atoms with van der Waals surface area (Å²) in [6.45, 7) is 4.43. The minimum absolute atomic E-state index is 0.0580. The lowest BCUT2D eigenvalue weighted by atomic mass is 9.84. The molecule has 2 amide bonds. The summed E-state index contributed by atoms with van der Waals surface area (Å²) in [5.74, 6) is -1.00. The Morgan fingerprint density at radius 2 is 1.78 bits per heavy atom. The average molecular weight is 508 g/mol. The highest BCUT2D eigenvalue weighted by molar-refractivity contribution is 7.22. The van der Waals surface area contributed by atoms with Crippen LogP contribution in [-0.4, -0.2) is 23.3 Å². The second kappa shape index (κ2) is 7.60. The van der Waals surface area contributed by atoms with Crippen LogP contribution in [0.15, 0.2) is 75.9 Å². The Morgan fingerprint density at radius 3 is 2.62 bits per heavy atom. The number of nitrogens with zero attached hydrogens (tertiary/aromatic N) is 3. The van der Waals surface area contributed by atoms with Gasteiger partial charge in [-0.25, -0.2) is 4.98 Å². The third kappa shape index (κ3) is 2.70. The van der Waals surface area contributed by atoms with E-state index in [0.717, 1.165) is 15.8 Å². The molecule has 0 saturated carbocycles. The van der Waals surface area contributed by atoms with Crippen molar-refractivity contribution in [1.29, 1.82) is 0 Å². The maximum Gasteiger partial charge on any atom is 0.297 e. The number of anilines is 2. The lowest BCUT2D eigenvalue weighted by molar-refractivity contribution is -0.121. The van der Waals surface area contributed by atoms with Crippen LogP contribution in [0.3, 0.4) is 0 Å². The van der Waals surface area contributed by atoms with E-state index < -0.39 is 11.4 Å². The van der Waals surface area contributed by atoms with Crippen LogP contribution in [0.1, 0.15) is 40.6 Å². The number of hydrogen-bond acceptors (Lipinski definition) is 6. The third-order valence-corrected chi connectivity index (χ3v) is 8.21. The van der Waals surface area contributed by atoms with Crippen molar-refractivity contribution in [3.8, 4) is 0 Å². The van der Waals surface area contributed by atoms with Gasteiger partial charge in [0.05, 0.1) is 26.9 Å². The smallest absolute Gasteiger partial charge is 0.297 e. The predicted molar refractivity (Wildman–Crippen MR) is 144 cm³/mol. The van der Waals surface area contributed by atoms with E-state index in [1.54, 1.807) is 29.2 Å². The van der Waals surface area contributed by atoms with Gasteiger partial charge in [0.15, 0.2) is 16.1 Å². The second-order valence-corrected chi connectivity index (χ2v) is 10.4. The van der Waals surface area contributed by atoms with Crippen LogP contribution in [0.5, 0.6) is 0 Å². The Hall–Kier alpha value is -4.30. The highest BCUT2D eigenvalue weighted by Gasteiger charge is 2.66. The van der Waals surface area contributed by atoms with E-state index in [-0.39, 0.29) is 22.7 Å². The van der Waals surface area contributed by atoms with E-state index in [1.807, 2.05) is 56.3 Å². The largest absolute Gasteiger partial charge is 0.450 e. The monoisotopic (exact) mass is 507 g/mol. The first-order chi connectivity index (χ1) is 18.0. The Bertz CT molecular complexity index is 1860. The van der Waals surface area contributed by atoms with Crippen LogP contribution in [-0.2, 0) is 10.3 Å². The molecule has 1 spiro atoms. The molecule has 37 heavy (non-hydrogen) atoms. The molecule has 0 aliphatic carbocycles. The van der Waals surface area contributed by atoms with E-state index in [4.69, 9.17) is 9.40 Å². The molecule has 182 valence electrons. The number of hydrogen-bond donors (Lipinski definition) is 0. The normalized spacial score (nSPS) is 18.4. The summed E-state index contributed by atoms with van der Waals surface area (Å²) in [6, 6.07) is 20.1. The van der Waals surface area contributed by atoms with E-state index in [2.05, 4.69) is 0 Å². The number of carbonyl (C=O) groups excluding carboxylic acids is 2. The van der Waals surface area contributed by atoms with Crippen LogP contribution >= 0.6 is 11.3 Å². The Labute approximate surface area is 215 Å². The SMILES string of the molecule is CCCN1C(=O)C2(c3ccccc31)c1c(oc3ccccc3c1=O)C(=O)N2c1nc2ccc(C)cc2s1. The van der Waals surface area contributed by atoms with Gasteiger partial charge in [-0.1, -0.05) is 54.7 Å². The summed E-state index contributed by atoms with van der Waals surface area (Å²) in [6.07, 6.45) is 0.712. The number of benzene rings is 3. The zero-order valence-corrected chi connectivity index (χ0v) is 21.0. The molecule has 4 heterocycles. The molecule has 3 aromatic carbocycles. The fraction of sp³-hybridized carbons (Fsp3) is 0.172. The van der Waals surface area contributed by atoms with Crippen molar-refractivity contribution in [1.82, 2.24) is 4.98 Å². The highest BCUT2D eigenvalue weighted by atomic mass is 32.1. The maximum atomic E-state index is 14.6. The Kier molecular flexibility index (Phi) is 4.51. The summed E-state index contributed by atoms with van der Waals surface area (Å²) in [5, 5.41) is 0.677. The van der Waals surface area contributed by atoms with Gasteiger partial charge in [-0.2, -0.15) is 0 Å². The Balaban J connectivity index is 1.62. The average Bonchev–Trinajstić information content (AvgIpc) is 3.50. The summed E-state index contributed by atoms with van der Waals surface area (Å²) in [4.78, 5) is 50.7. The molecule has 2 aromatic heterocycles. The van der Waals surface area contributed by atoms with Gasteiger partial charge in [0.1, 0.15) is 5.58 Å². The molecule has 0 fully saturated rings. The molecule has 0 radical (unpaired) electrons. The number of amides is 2. The minimum atomic E-state index is -1.70. The van der Waals surface area contributed by atoms with Crippen LogP contribution < -0.4 is 15.2 Å². The third-order valence-electron chi connectivity index (χ3n) is 7.20. The van der Waals surface area contributed by atoms with E-state index >= 15 is 0 Å². The number of aromatic nitrogens is 1. The van der Waals surface area contributed by atoms with Crippen molar-refractivity contribution in [2.24, 2.45) is 0 Å². The van der Waals surface area contributed by atoms with Crippen molar-refractivity contribution >= 4 is 55.2 Å². The molecular weight excluding hydrogens is 486 g/mol. The number of thiazole rings is 1.